The number of thioether (sulfide) groups is 1. The molecule has 0 atom stereocenters. The predicted octanol–water partition coefficient (Wildman–Crippen LogP) is 6.50. The van der Waals surface area contributed by atoms with Gasteiger partial charge in [-0.25, -0.2) is 5.43 Å². The van der Waals surface area contributed by atoms with Gasteiger partial charge in [0.15, 0.2) is 11.0 Å². The van der Waals surface area contributed by atoms with Gasteiger partial charge in [0, 0.05) is 21.1 Å². The highest BCUT2D eigenvalue weighted by molar-refractivity contribution is 9.10. The zero-order valence-electron chi connectivity index (χ0n) is 18.3. The second-order valence-electron chi connectivity index (χ2n) is 8.00. The molecule has 6 nitrogen and oxygen atoms in total. The molecule has 2 aromatic carbocycles. The van der Waals surface area contributed by atoms with Crippen molar-refractivity contribution in [1.29, 1.82) is 0 Å². The number of hydrazone groups is 1. The molecule has 0 bridgehead atoms. The van der Waals surface area contributed by atoms with Gasteiger partial charge in [-0.15, -0.1) is 10.2 Å². The van der Waals surface area contributed by atoms with Gasteiger partial charge in [0.25, 0.3) is 5.91 Å². The molecule has 1 heterocycles. The molecule has 1 saturated carbocycles. The van der Waals surface area contributed by atoms with Crippen LogP contribution in [0.5, 0.6) is 0 Å². The highest BCUT2D eigenvalue weighted by atomic mass is 79.9. The number of amides is 1. The first-order valence-electron chi connectivity index (χ1n) is 10.9. The van der Waals surface area contributed by atoms with Gasteiger partial charge < -0.3 is 0 Å². The maximum atomic E-state index is 12.5. The van der Waals surface area contributed by atoms with Crippen molar-refractivity contribution in [3.8, 4) is 11.4 Å². The highest BCUT2D eigenvalue weighted by Crippen LogP contribution is 2.35. The van der Waals surface area contributed by atoms with Crippen LogP contribution in [0.15, 0.2) is 63.3 Å². The Kier molecular flexibility index (Phi) is 8.22. The van der Waals surface area contributed by atoms with E-state index in [0.717, 1.165) is 45.1 Å². The number of aromatic nitrogens is 3. The van der Waals surface area contributed by atoms with Crippen LogP contribution in [-0.2, 0) is 4.79 Å². The van der Waals surface area contributed by atoms with E-state index in [1.807, 2.05) is 55.5 Å². The molecule has 1 aromatic heterocycles. The summed E-state index contributed by atoms with van der Waals surface area (Å²) in [6, 6.07) is 15.8. The minimum atomic E-state index is -0.178. The van der Waals surface area contributed by atoms with Crippen molar-refractivity contribution >= 4 is 50.9 Å². The lowest BCUT2D eigenvalue weighted by atomic mass is 9.95. The normalized spacial score (nSPS) is 14.9. The molecule has 1 fully saturated rings. The van der Waals surface area contributed by atoms with Crippen molar-refractivity contribution in [1.82, 2.24) is 20.2 Å². The van der Waals surface area contributed by atoms with Crippen LogP contribution in [0.4, 0.5) is 0 Å². The van der Waals surface area contributed by atoms with Crippen molar-refractivity contribution < 1.29 is 4.79 Å². The van der Waals surface area contributed by atoms with Crippen LogP contribution in [0.25, 0.3) is 11.4 Å². The molecule has 4 rings (SSSR count). The summed E-state index contributed by atoms with van der Waals surface area (Å²) >= 11 is 10.9. The SMILES string of the molecule is C/C(=N/NC(=O)CSc1nnc(-c2ccc(Cl)cc2)n1C1CCCCC1)c1ccc(Br)cc1. The summed E-state index contributed by atoms with van der Waals surface area (Å²) in [5.74, 6) is 0.857. The third-order valence-electron chi connectivity index (χ3n) is 5.65. The third-order valence-corrected chi connectivity index (χ3v) is 7.37. The Hall–Kier alpha value is -2.16. The molecule has 172 valence electrons. The molecule has 0 spiro atoms. The van der Waals surface area contributed by atoms with Gasteiger partial charge in [-0.1, -0.05) is 70.7 Å². The molecule has 1 aliphatic rings. The molecule has 3 aromatic rings. The Morgan fingerprint density at radius 1 is 1.12 bits per heavy atom. The van der Waals surface area contributed by atoms with Gasteiger partial charge >= 0.3 is 0 Å². The maximum absolute atomic E-state index is 12.5. The smallest absolute Gasteiger partial charge is 0.250 e. The summed E-state index contributed by atoms with van der Waals surface area (Å²) in [6.07, 6.45) is 5.83. The van der Waals surface area contributed by atoms with Crippen LogP contribution in [-0.4, -0.2) is 32.1 Å². The predicted molar refractivity (Wildman–Crippen MR) is 138 cm³/mol. The fourth-order valence-corrected chi connectivity index (χ4v) is 5.09. The fourth-order valence-electron chi connectivity index (χ4n) is 3.90. The van der Waals surface area contributed by atoms with Crippen molar-refractivity contribution in [2.24, 2.45) is 5.10 Å². The molecular weight excluding hydrogens is 522 g/mol. The number of nitrogens with zero attached hydrogens (tertiary/aromatic N) is 4. The number of hydrogen-bond acceptors (Lipinski definition) is 5. The van der Waals surface area contributed by atoms with Crippen LogP contribution < -0.4 is 5.43 Å². The van der Waals surface area contributed by atoms with Gasteiger partial charge in [-0.3, -0.25) is 9.36 Å². The molecule has 0 aliphatic heterocycles. The zero-order valence-corrected chi connectivity index (χ0v) is 21.5. The van der Waals surface area contributed by atoms with Gasteiger partial charge in [0.05, 0.1) is 11.5 Å². The average molecular weight is 547 g/mol. The Labute approximate surface area is 211 Å². The number of nitrogens with one attached hydrogen (secondary N) is 1. The largest absolute Gasteiger partial charge is 0.299 e. The van der Waals surface area contributed by atoms with Crippen molar-refractivity contribution in [2.75, 3.05) is 5.75 Å². The zero-order chi connectivity index (χ0) is 23.2. The first-order chi connectivity index (χ1) is 16.0. The summed E-state index contributed by atoms with van der Waals surface area (Å²) in [7, 11) is 0. The second kappa shape index (κ2) is 11.3. The second-order valence-corrected chi connectivity index (χ2v) is 10.3. The molecule has 1 aliphatic carbocycles. The van der Waals surface area contributed by atoms with E-state index in [4.69, 9.17) is 11.6 Å². The third kappa shape index (κ3) is 6.25. The maximum Gasteiger partial charge on any atom is 0.250 e. The van der Waals surface area contributed by atoms with Crippen molar-refractivity contribution in [2.45, 2.75) is 50.2 Å². The monoisotopic (exact) mass is 545 g/mol. The summed E-state index contributed by atoms with van der Waals surface area (Å²) in [4.78, 5) is 12.5. The average Bonchev–Trinajstić information content (AvgIpc) is 3.26. The van der Waals surface area contributed by atoms with Crippen LogP contribution in [0.2, 0.25) is 5.02 Å². The van der Waals surface area contributed by atoms with Crippen LogP contribution in [0.3, 0.4) is 0 Å². The Morgan fingerprint density at radius 3 is 2.52 bits per heavy atom. The molecule has 1 N–H and O–H groups in total. The van der Waals surface area contributed by atoms with E-state index in [0.29, 0.717) is 11.1 Å². The number of hydrogen-bond donors (Lipinski definition) is 1. The van der Waals surface area contributed by atoms with E-state index < -0.39 is 0 Å². The minimum Gasteiger partial charge on any atom is -0.299 e. The van der Waals surface area contributed by atoms with Crippen LogP contribution in [0, 0.1) is 0 Å². The van der Waals surface area contributed by atoms with E-state index in [1.165, 1.54) is 31.0 Å². The molecule has 9 heteroatoms. The minimum absolute atomic E-state index is 0.178. The highest BCUT2D eigenvalue weighted by Gasteiger charge is 2.24. The van der Waals surface area contributed by atoms with Gasteiger partial charge in [0.1, 0.15) is 0 Å². The first kappa shape index (κ1) is 24.0. The standard InChI is InChI=1S/C24H25BrClN5OS/c1-16(17-7-11-19(25)12-8-17)27-28-22(32)15-33-24-30-29-23(18-9-13-20(26)14-10-18)31(24)21-5-3-2-4-6-21/h7-14,21H,2-6,15H2,1H3,(H,28,32)/b27-16-. The molecule has 0 radical (unpaired) electrons. The van der Waals surface area contributed by atoms with Crippen molar-refractivity contribution in [3.63, 3.8) is 0 Å². The number of benzene rings is 2. The van der Waals surface area contributed by atoms with Crippen LogP contribution in [0.1, 0.15) is 50.6 Å². The number of carbonyl (C=O) groups excluding carboxylic acids is 1. The summed E-state index contributed by atoms with van der Waals surface area (Å²) in [6.45, 7) is 1.87. The topological polar surface area (TPSA) is 72.2 Å². The summed E-state index contributed by atoms with van der Waals surface area (Å²) in [5.41, 5.74) is 5.33. The van der Waals surface area contributed by atoms with E-state index in [1.54, 1.807) is 0 Å². The quantitative estimate of drug-likeness (QED) is 0.209. The Bertz CT molecular complexity index is 1120. The molecule has 0 unspecified atom stereocenters. The molecule has 33 heavy (non-hydrogen) atoms. The summed E-state index contributed by atoms with van der Waals surface area (Å²) in [5, 5.41) is 14.6. The van der Waals surface area contributed by atoms with Gasteiger partial charge in [-0.05, 0) is 61.7 Å². The van der Waals surface area contributed by atoms with Gasteiger partial charge in [-0.2, -0.15) is 5.10 Å². The number of rotatable bonds is 7. The number of halogens is 2. The Morgan fingerprint density at radius 2 is 1.82 bits per heavy atom. The number of carbonyl (C=O) groups is 1. The van der Waals surface area contributed by atoms with Gasteiger partial charge in [0.2, 0.25) is 0 Å². The van der Waals surface area contributed by atoms with E-state index >= 15 is 0 Å². The van der Waals surface area contributed by atoms with E-state index in [2.05, 4.69) is 41.2 Å². The Balaban J connectivity index is 1.47. The van der Waals surface area contributed by atoms with E-state index in [-0.39, 0.29) is 11.7 Å². The lowest BCUT2D eigenvalue weighted by molar-refractivity contribution is -0.118. The van der Waals surface area contributed by atoms with E-state index in [9.17, 15) is 4.79 Å². The summed E-state index contributed by atoms with van der Waals surface area (Å²) < 4.78 is 3.20. The van der Waals surface area contributed by atoms with Crippen LogP contribution >= 0.6 is 39.3 Å². The molecule has 1 amide bonds. The lowest BCUT2D eigenvalue weighted by Gasteiger charge is -2.25. The fraction of sp³-hybridized carbons (Fsp3) is 0.333. The van der Waals surface area contributed by atoms with Crippen molar-refractivity contribution in [3.05, 3.63) is 63.6 Å². The molecular formula is C24H25BrClN5OS. The lowest BCUT2D eigenvalue weighted by Crippen LogP contribution is -2.22. The first-order valence-corrected chi connectivity index (χ1v) is 13.1. The molecule has 0 saturated heterocycles.